The number of methoxy groups -OCH3 is 2. The molecule has 3 heteroatoms. The molecular formula is C17H21NO2. The Bertz CT molecular complexity index is 549. The molecule has 0 saturated heterocycles. The molecule has 2 N–H and O–H groups in total. The summed E-state index contributed by atoms with van der Waals surface area (Å²) in [6.45, 7) is 0.730. The summed E-state index contributed by atoms with van der Waals surface area (Å²) >= 11 is 0. The lowest BCUT2D eigenvalue weighted by atomic mass is 10.0. The SMILES string of the molecule is COc1ccc(-c2ccc(CCCN)cc2)c(OC)c1. The first-order valence-corrected chi connectivity index (χ1v) is 6.80. The lowest BCUT2D eigenvalue weighted by Gasteiger charge is -2.11. The van der Waals surface area contributed by atoms with E-state index >= 15 is 0 Å². The minimum Gasteiger partial charge on any atom is -0.497 e. The molecule has 20 heavy (non-hydrogen) atoms. The highest BCUT2D eigenvalue weighted by Gasteiger charge is 2.07. The maximum Gasteiger partial charge on any atom is 0.130 e. The van der Waals surface area contributed by atoms with E-state index in [-0.39, 0.29) is 0 Å². The van der Waals surface area contributed by atoms with E-state index < -0.39 is 0 Å². The number of aryl methyl sites for hydroxylation is 1. The standard InChI is InChI=1S/C17H21NO2/c1-19-15-9-10-16(17(12-15)20-2)14-7-5-13(6-8-14)4-3-11-18/h5-10,12H,3-4,11,18H2,1-2H3. The highest BCUT2D eigenvalue weighted by molar-refractivity contribution is 5.71. The average molecular weight is 271 g/mol. The van der Waals surface area contributed by atoms with Crippen molar-refractivity contribution in [2.45, 2.75) is 12.8 Å². The third-order valence-electron chi connectivity index (χ3n) is 3.34. The van der Waals surface area contributed by atoms with Crippen molar-refractivity contribution in [2.24, 2.45) is 5.73 Å². The maximum atomic E-state index is 5.53. The van der Waals surface area contributed by atoms with Crippen LogP contribution in [0.25, 0.3) is 11.1 Å². The van der Waals surface area contributed by atoms with Crippen molar-refractivity contribution in [1.29, 1.82) is 0 Å². The van der Waals surface area contributed by atoms with E-state index in [0.29, 0.717) is 0 Å². The van der Waals surface area contributed by atoms with Gasteiger partial charge in [0.25, 0.3) is 0 Å². The molecule has 0 radical (unpaired) electrons. The monoisotopic (exact) mass is 271 g/mol. The minimum absolute atomic E-state index is 0.730. The van der Waals surface area contributed by atoms with Gasteiger partial charge in [0, 0.05) is 11.6 Å². The fraction of sp³-hybridized carbons (Fsp3) is 0.294. The summed E-state index contributed by atoms with van der Waals surface area (Å²) in [7, 11) is 3.33. The van der Waals surface area contributed by atoms with Crippen molar-refractivity contribution in [3.8, 4) is 22.6 Å². The minimum atomic E-state index is 0.730. The molecule has 0 bridgehead atoms. The highest BCUT2D eigenvalue weighted by Crippen LogP contribution is 2.33. The van der Waals surface area contributed by atoms with Crippen molar-refractivity contribution >= 4 is 0 Å². The first-order chi connectivity index (χ1) is 9.78. The molecule has 3 nitrogen and oxygen atoms in total. The lowest BCUT2D eigenvalue weighted by Crippen LogP contribution is -2.00. The summed E-state index contributed by atoms with van der Waals surface area (Å²) in [6.07, 6.45) is 2.04. The van der Waals surface area contributed by atoms with Gasteiger partial charge in [-0.05, 0) is 42.6 Å². The molecule has 2 rings (SSSR count). The van der Waals surface area contributed by atoms with Gasteiger partial charge < -0.3 is 15.2 Å². The zero-order valence-electron chi connectivity index (χ0n) is 12.1. The van der Waals surface area contributed by atoms with E-state index in [1.54, 1.807) is 14.2 Å². The zero-order valence-corrected chi connectivity index (χ0v) is 12.1. The predicted octanol–water partition coefficient (Wildman–Crippen LogP) is 3.26. The average Bonchev–Trinajstić information content (AvgIpc) is 2.52. The van der Waals surface area contributed by atoms with Gasteiger partial charge in [-0.25, -0.2) is 0 Å². The first-order valence-electron chi connectivity index (χ1n) is 6.80. The van der Waals surface area contributed by atoms with Crippen LogP contribution in [0.2, 0.25) is 0 Å². The normalized spacial score (nSPS) is 10.3. The topological polar surface area (TPSA) is 44.5 Å². The van der Waals surface area contributed by atoms with Gasteiger partial charge in [-0.1, -0.05) is 24.3 Å². The Labute approximate surface area is 120 Å². The van der Waals surface area contributed by atoms with Crippen molar-refractivity contribution in [1.82, 2.24) is 0 Å². The Hall–Kier alpha value is -2.00. The smallest absolute Gasteiger partial charge is 0.130 e. The number of rotatable bonds is 6. The quantitative estimate of drug-likeness (QED) is 0.877. The second kappa shape index (κ2) is 6.96. The van der Waals surface area contributed by atoms with E-state index in [1.807, 2.05) is 18.2 Å². The zero-order chi connectivity index (χ0) is 14.4. The molecule has 0 aromatic heterocycles. The molecule has 0 aliphatic rings. The predicted molar refractivity (Wildman–Crippen MR) is 82.4 cm³/mol. The van der Waals surface area contributed by atoms with E-state index in [1.165, 1.54) is 5.56 Å². The fourth-order valence-electron chi connectivity index (χ4n) is 2.19. The van der Waals surface area contributed by atoms with Crippen LogP contribution < -0.4 is 15.2 Å². The third-order valence-corrected chi connectivity index (χ3v) is 3.34. The highest BCUT2D eigenvalue weighted by atomic mass is 16.5. The largest absolute Gasteiger partial charge is 0.497 e. The van der Waals surface area contributed by atoms with Gasteiger partial charge in [0.1, 0.15) is 11.5 Å². The van der Waals surface area contributed by atoms with Gasteiger partial charge in [0.15, 0.2) is 0 Å². The maximum absolute atomic E-state index is 5.53. The van der Waals surface area contributed by atoms with Gasteiger partial charge in [0.05, 0.1) is 14.2 Å². The van der Waals surface area contributed by atoms with Crippen LogP contribution >= 0.6 is 0 Å². The Morgan fingerprint density at radius 3 is 2.30 bits per heavy atom. The third kappa shape index (κ3) is 3.31. The Kier molecular flexibility index (Phi) is 5.02. The van der Waals surface area contributed by atoms with E-state index in [2.05, 4.69) is 24.3 Å². The van der Waals surface area contributed by atoms with Crippen LogP contribution in [0, 0.1) is 0 Å². The Morgan fingerprint density at radius 1 is 0.950 bits per heavy atom. The first kappa shape index (κ1) is 14.4. The van der Waals surface area contributed by atoms with Gasteiger partial charge in [0.2, 0.25) is 0 Å². The van der Waals surface area contributed by atoms with Crippen LogP contribution in [0.5, 0.6) is 11.5 Å². The number of hydrogen-bond acceptors (Lipinski definition) is 3. The van der Waals surface area contributed by atoms with Crippen LogP contribution in [-0.2, 0) is 6.42 Å². The number of hydrogen-bond donors (Lipinski definition) is 1. The van der Waals surface area contributed by atoms with Gasteiger partial charge in [-0.3, -0.25) is 0 Å². The van der Waals surface area contributed by atoms with Crippen LogP contribution in [0.1, 0.15) is 12.0 Å². The Balaban J connectivity index is 2.26. The fourth-order valence-corrected chi connectivity index (χ4v) is 2.19. The van der Waals surface area contributed by atoms with Crippen molar-refractivity contribution in [2.75, 3.05) is 20.8 Å². The second-order valence-electron chi connectivity index (χ2n) is 4.66. The van der Waals surface area contributed by atoms with Crippen molar-refractivity contribution in [3.63, 3.8) is 0 Å². The summed E-state index contributed by atoms with van der Waals surface area (Å²) in [4.78, 5) is 0. The molecule has 2 aromatic carbocycles. The molecule has 0 atom stereocenters. The molecular weight excluding hydrogens is 250 g/mol. The Morgan fingerprint density at radius 2 is 1.70 bits per heavy atom. The molecule has 0 spiro atoms. The number of benzene rings is 2. The molecule has 0 heterocycles. The number of nitrogens with two attached hydrogens (primary N) is 1. The molecule has 2 aromatic rings. The molecule has 0 aliphatic heterocycles. The van der Waals surface area contributed by atoms with E-state index in [9.17, 15) is 0 Å². The number of ether oxygens (including phenoxy) is 2. The molecule has 0 saturated carbocycles. The summed E-state index contributed by atoms with van der Waals surface area (Å²) in [5, 5.41) is 0. The van der Waals surface area contributed by atoms with Gasteiger partial charge in [-0.15, -0.1) is 0 Å². The molecule has 0 unspecified atom stereocenters. The van der Waals surface area contributed by atoms with Crippen LogP contribution in [0.3, 0.4) is 0 Å². The summed E-state index contributed by atoms with van der Waals surface area (Å²) in [5.41, 5.74) is 9.05. The van der Waals surface area contributed by atoms with Crippen LogP contribution in [0.4, 0.5) is 0 Å². The van der Waals surface area contributed by atoms with Crippen molar-refractivity contribution in [3.05, 3.63) is 48.0 Å². The van der Waals surface area contributed by atoms with Crippen molar-refractivity contribution < 1.29 is 9.47 Å². The van der Waals surface area contributed by atoms with Gasteiger partial charge >= 0.3 is 0 Å². The molecule has 106 valence electrons. The lowest BCUT2D eigenvalue weighted by molar-refractivity contribution is 0.395. The van der Waals surface area contributed by atoms with E-state index in [4.69, 9.17) is 15.2 Å². The molecule has 0 fully saturated rings. The van der Waals surface area contributed by atoms with Crippen LogP contribution in [-0.4, -0.2) is 20.8 Å². The second-order valence-corrected chi connectivity index (χ2v) is 4.66. The van der Waals surface area contributed by atoms with Crippen LogP contribution in [0.15, 0.2) is 42.5 Å². The molecule has 0 aliphatic carbocycles. The summed E-state index contributed by atoms with van der Waals surface area (Å²) in [5.74, 6) is 1.62. The van der Waals surface area contributed by atoms with Gasteiger partial charge in [-0.2, -0.15) is 0 Å². The summed E-state index contributed by atoms with van der Waals surface area (Å²) in [6, 6.07) is 14.4. The van der Waals surface area contributed by atoms with E-state index in [0.717, 1.165) is 42.0 Å². The summed E-state index contributed by atoms with van der Waals surface area (Å²) < 4.78 is 10.7. The molecule has 0 amide bonds.